The molecule has 0 radical (unpaired) electrons. The Bertz CT molecular complexity index is 863. The minimum absolute atomic E-state index is 0.0240. The summed E-state index contributed by atoms with van der Waals surface area (Å²) in [6.45, 7) is 3.06. The fourth-order valence-electron chi connectivity index (χ4n) is 3.55. The summed E-state index contributed by atoms with van der Waals surface area (Å²) >= 11 is 1.26. The molecule has 1 saturated heterocycles. The highest BCUT2D eigenvalue weighted by atomic mass is 32.2. The molecule has 0 spiro atoms. The monoisotopic (exact) mass is 406 g/mol. The summed E-state index contributed by atoms with van der Waals surface area (Å²) in [5.41, 5.74) is 2.13. The molecule has 0 saturated carbocycles. The lowest BCUT2D eigenvalue weighted by molar-refractivity contribution is -0.120. The molecule has 1 atom stereocenters. The van der Waals surface area contributed by atoms with Crippen LogP contribution < -0.4 is 5.32 Å². The minimum Gasteiger partial charge on any atom is -0.356 e. The quantitative estimate of drug-likeness (QED) is 0.767. The number of sulfonamides is 1. The molecule has 2 aromatic rings. The van der Waals surface area contributed by atoms with Crippen LogP contribution in [0.15, 0.2) is 46.0 Å². The zero-order chi connectivity index (χ0) is 19.3. The van der Waals surface area contributed by atoms with Crippen molar-refractivity contribution in [3.63, 3.8) is 0 Å². The topological polar surface area (TPSA) is 66.5 Å². The predicted octanol–water partition coefficient (Wildman–Crippen LogP) is 3.35. The van der Waals surface area contributed by atoms with Gasteiger partial charge in [0.05, 0.1) is 6.42 Å². The summed E-state index contributed by atoms with van der Waals surface area (Å²) in [5, 5.41) is 4.74. The van der Waals surface area contributed by atoms with E-state index in [1.807, 2.05) is 31.2 Å². The largest absolute Gasteiger partial charge is 0.356 e. The molecule has 1 aromatic heterocycles. The highest BCUT2D eigenvalue weighted by molar-refractivity contribution is 7.91. The van der Waals surface area contributed by atoms with Gasteiger partial charge in [0.1, 0.15) is 4.21 Å². The molecule has 146 valence electrons. The highest BCUT2D eigenvalue weighted by Gasteiger charge is 2.33. The first-order valence-electron chi connectivity index (χ1n) is 9.34. The fourth-order valence-corrected chi connectivity index (χ4v) is 6.40. The molecule has 2 heterocycles. The lowest BCUT2D eigenvalue weighted by Gasteiger charge is -2.34. The van der Waals surface area contributed by atoms with E-state index in [0.717, 1.165) is 30.4 Å². The van der Waals surface area contributed by atoms with Gasteiger partial charge in [-0.05, 0) is 43.2 Å². The smallest absolute Gasteiger partial charge is 0.252 e. The molecule has 1 aliphatic heterocycles. The second kappa shape index (κ2) is 8.99. The van der Waals surface area contributed by atoms with Crippen molar-refractivity contribution in [2.45, 2.75) is 49.3 Å². The minimum atomic E-state index is -3.43. The average molecular weight is 407 g/mol. The first-order valence-corrected chi connectivity index (χ1v) is 11.7. The molecule has 7 heteroatoms. The maximum absolute atomic E-state index is 12.9. The molecular weight excluding hydrogens is 380 g/mol. The van der Waals surface area contributed by atoms with Gasteiger partial charge in [-0.1, -0.05) is 42.3 Å². The van der Waals surface area contributed by atoms with Crippen LogP contribution >= 0.6 is 11.3 Å². The van der Waals surface area contributed by atoms with Crippen molar-refractivity contribution in [1.82, 2.24) is 9.62 Å². The molecule has 27 heavy (non-hydrogen) atoms. The van der Waals surface area contributed by atoms with Crippen molar-refractivity contribution >= 4 is 27.3 Å². The van der Waals surface area contributed by atoms with E-state index in [1.54, 1.807) is 21.8 Å². The van der Waals surface area contributed by atoms with E-state index in [0.29, 0.717) is 30.1 Å². The first kappa shape index (κ1) is 20.0. The molecule has 5 nitrogen and oxygen atoms in total. The molecule has 1 aliphatic rings. The second-order valence-corrected chi connectivity index (χ2v) is 10.1. The molecule has 1 N–H and O–H groups in total. The average Bonchev–Trinajstić information content (AvgIpc) is 3.17. The molecule has 1 fully saturated rings. The lowest BCUT2D eigenvalue weighted by atomic mass is 10.0. The van der Waals surface area contributed by atoms with Crippen molar-refractivity contribution in [1.29, 1.82) is 0 Å². The van der Waals surface area contributed by atoms with Crippen molar-refractivity contribution in [3.8, 4) is 0 Å². The number of nitrogens with zero attached hydrogens (tertiary/aromatic N) is 1. The molecule has 1 aromatic carbocycles. The Morgan fingerprint density at radius 1 is 1.26 bits per heavy atom. The van der Waals surface area contributed by atoms with Gasteiger partial charge in [-0.25, -0.2) is 8.42 Å². The Kier molecular flexibility index (Phi) is 6.68. The number of carbonyl (C=O) groups is 1. The maximum Gasteiger partial charge on any atom is 0.252 e. The van der Waals surface area contributed by atoms with Crippen LogP contribution in [0, 0.1) is 6.92 Å². The maximum atomic E-state index is 12.9. The standard InChI is InChI=1S/C20H26N2O3S2/c1-16-6-4-7-17(14-16)15-19(23)21-11-10-18-8-2-3-12-22(18)27(24,25)20-9-5-13-26-20/h4-7,9,13-14,18H,2-3,8,10-12,15H2,1H3,(H,21,23). The number of aryl methyl sites for hydroxylation is 1. The van der Waals surface area contributed by atoms with Crippen LogP contribution in [0.1, 0.15) is 36.8 Å². The fraction of sp³-hybridized carbons (Fsp3) is 0.450. The van der Waals surface area contributed by atoms with Gasteiger partial charge in [0.25, 0.3) is 10.0 Å². The van der Waals surface area contributed by atoms with E-state index < -0.39 is 10.0 Å². The molecule has 1 unspecified atom stereocenters. The van der Waals surface area contributed by atoms with Crippen LogP contribution in [0.2, 0.25) is 0 Å². The van der Waals surface area contributed by atoms with E-state index in [1.165, 1.54) is 11.3 Å². The van der Waals surface area contributed by atoms with Crippen LogP contribution in [0.5, 0.6) is 0 Å². The number of amides is 1. The molecule has 0 bridgehead atoms. The van der Waals surface area contributed by atoms with Gasteiger partial charge in [-0.15, -0.1) is 11.3 Å². The van der Waals surface area contributed by atoms with Gasteiger partial charge in [0, 0.05) is 19.1 Å². The van der Waals surface area contributed by atoms with E-state index in [2.05, 4.69) is 5.32 Å². The van der Waals surface area contributed by atoms with Crippen molar-refractivity contribution in [3.05, 3.63) is 52.9 Å². The third-order valence-electron chi connectivity index (χ3n) is 4.88. The van der Waals surface area contributed by atoms with E-state index in [4.69, 9.17) is 0 Å². The number of nitrogens with one attached hydrogen (secondary N) is 1. The summed E-state index contributed by atoms with van der Waals surface area (Å²) in [7, 11) is -3.43. The van der Waals surface area contributed by atoms with Gasteiger partial charge in [0.15, 0.2) is 0 Å². The summed E-state index contributed by atoms with van der Waals surface area (Å²) < 4.78 is 27.8. The van der Waals surface area contributed by atoms with Gasteiger partial charge in [-0.2, -0.15) is 4.31 Å². The Balaban J connectivity index is 1.55. The zero-order valence-electron chi connectivity index (χ0n) is 15.6. The number of piperidine rings is 1. The van der Waals surface area contributed by atoms with Gasteiger partial charge in [-0.3, -0.25) is 4.79 Å². The van der Waals surface area contributed by atoms with Crippen LogP contribution in [-0.4, -0.2) is 37.8 Å². The summed E-state index contributed by atoms with van der Waals surface area (Å²) in [4.78, 5) is 12.2. The van der Waals surface area contributed by atoms with Gasteiger partial charge in [0.2, 0.25) is 5.91 Å². The van der Waals surface area contributed by atoms with Crippen molar-refractivity contribution in [2.24, 2.45) is 0 Å². The van der Waals surface area contributed by atoms with E-state index in [9.17, 15) is 13.2 Å². The number of rotatable bonds is 7. The molecule has 0 aliphatic carbocycles. The number of thiophene rings is 1. The van der Waals surface area contributed by atoms with Gasteiger partial charge >= 0.3 is 0 Å². The third kappa shape index (κ3) is 5.18. The van der Waals surface area contributed by atoms with Crippen LogP contribution in [-0.2, 0) is 21.2 Å². The SMILES string of the molecule is Cc1cccc(CC(=O)NCCC2CCCCN2S(=O)(=O)c2cccs2)c1. The summed E-state index contributed by atoms with van der Waals surface area (Å²) in [5.74, 6) is -0.0240. The zero-order valence-corrected chi connectivity index (χ0v) is 17.2. The Labute approximate surface area is 165 Å². The highest BCUT2D eigenvalue weighted by Crippen LogP contribution is 2.29. The third-order valence-corrected chi connectivity index (χ3v) is 8.20. The van der Waals surface area contributed by atoms with Crippen LogP contribution in [0.3, 0.4) is 0 Å². The van der Waals surface area contributed by atoms with E-state index in [-0.39, 0.29) is 11.9 Å². The number of benzene rings is 1. The van der Waals surface area contributed by atoms with E-state index >= 15 is 0 Å². The Hall–Kier alpha value is -1.70. The molecule has 3 rings (SSSR count). The van der Waals surface area contributed by atoms with Crippen molar-refractivity contribution < 1.29 is 13.2 Å². The Morgan fingerprint density at radius 2 is 2.11 bits per heavy atom. The van der Waals surface area contributed by atoms with Gasteiger partial charge < -0.3 is 5.32 Å². The van der Waals surface area contributed by atoms with Crippen LogP contribution in [0.4, 0.5) is 0 Å². The second-order valence-electron chi connectivity index (χ2n) is 7.00. The Morgan fingerprint density at radius 3 is 2.85 bits per heavy atom. The number of hydrogen-bond donors (Lipinski definition) is 1. The lowest BCUT2D eigenvalue weighted by Crippen LogP contribution is -2.45. The van der Waals surface area contributed by atoms with Crippen LogP contribution in [0.25, 0.3) is 0 Å². The normalized spacial score (nSPS) is 18.3. The number of carbonyl (C=O) groups excluding carboxylic acids is 1. The molecule has 1 amide bonds. The first-order chi connectivity index (χ1) is 13.0. The van der Waals surface area contributed by atoms with Crippen molar-refractivity contribution in [2.75, 3.05) is 13.1 Å². The predicted molar refractivity (Wildman–Crippen MR) is 108 cm³/mol. The number of hydrogen-bond acceptors (Lipinski definition) is 4. The summed E-state index contributed by atoms with van der Waals surface area (Å²) in [6, 6.07) is 11.3. The summed E-state index contributed by atoms with van der Waals surface area (Å²) in [6.07, 6.45) is 3.76. The molecular formula is C20H26N2O3S2.